The minimum atomic E-state index is -1.20. The van der Waals surface area contributed by atoms with Crippen molar-refractivity contribution < 1.29 is 23.9 Å². The highest BCUT2D eigenvalue weighted by atomic mass is 32.2. The minimum absolute atomic E-state index is 0.0444. The van der Waals surface area contributed by atoms with E-state index in [9.17, 15) is 19.6 Å². The number of amides is 2. The molecular weight excluding hydrogens is 430 g/mol. The molecule has 8 nitrogen and oxygen atoms in total. The number of methoxy groups -OCH3 is 2. The predicted octanol–water partition coefficient (Wildman–Crippen LogP) is 2.80. The molecule has 0 unspecified atom stereocenters. The van der Waals surface area contributed by atoms with Crippen molar-refractivity contribution in [3.05, 3.63) is 70.8 Å². The SMILES string of the molecule is COC(=O)[C@H]1C(=O)NC(SCC(=O)Nc2ccc(OC)cc2)=C(C#N)[C@@H]1c1ccccc1. The Labute approximate surface area is 189 Å². The molecule has 0 saturated carbocycles. The Morgan fingerprint density at radius 1 is 1.12 bits per heavy atom. The zero-order valence-electron chi connectivity index (χ0n) is 17.5. The highest BCUT2D eigenvalue weighted by Gasteiger charge is 2.44. The summed E-state index contributed by atoms with van der Waals surface area (Å²) in [5.74, 6) is -3.02. The fourth-order valence-corrected chi connectivity index (χ4v) is 4.20. The second kappa shape index (κ2) is 10.5. The van der Waals surface area contributed by atoms with Crippen molar-refractivity contribution in [2.75, 3.05) is 25.3 Å². The molecule has 0 bridgehead atoms. The monoisotopic (exact) mass is 451 g/mol. The molecule has 0 saturated heterocycles. The third-order valence-corrected chi connectivity index (χ3v) is 5.88. The molecule has 1 aliphatic rings. The topological polar surface area (TPSA) is 118 Å². The van der Waals surface area contributed by atoms with Crippen LogP contribution < -0.4 is 15.4 Å². The van der Waals surface area contributed by atoms with Crippen LogP contribution in [0.3, 0.4) is 0 Å². The lowest BCUT2D eigenvalue weighted by molar-refractivity contribution is -0.150. The maximum Gasteiger partial charge on any atom is 0.319 e. The zero-order valence-corrected chi connectivity index (χ0v) is 18.3. The molecule has 1 aliphatic heterocycles. The van der Waals surface area contributed by atoms with Gasteiger partial charge in [0.2, 0.25) is 11.8 Å². The van der Waals surface area contributed by atoms with Gasteiger partial charge in [0.15, 0.2) is 0 Å². The van der Waals surface area contributed by atoms with Crippen LogP contribution in [0, 0.1) is 17.2 Å². The summed E-state index contributed by atoms with van der Waals surface area (Å²) in [6.07, 6.45) is 0. The van der Waals surface area contributed by atoms with Crippen LogP contribution in [-0.2, 0) is 19.1 Å². The molecule has 3 rings (SSSR count). The van der Waals surface area contributed by atoms with Crippen LogP contribution in [0.25, 0.3) is 0 Å². The molecule has 2 amide bonds. The zero-order chi connectivity index (χ0) is 23.1. The van der Waals surface area contributed by atoms with E-state index in [1.807, 2.05) is 0 Å². The minimum Gasteiger partial charge on any atom is -0.497 e. The van der Waals surface area contributed by atoms with Crippen LogP contribution in [0.15, 0.2) is 65.2 Å². The fraction of sp³-hybridized carbons (Fsp3) is 0.217. The van der Waals surface area contributed by atoms with Crippen LogP contribution in [0.4, 0.5) is 5.69 Å². The summed E-state index contributed by atoms with van der Waals surface area (Å²) in [6.45, 7) is 0. The molecule has 1 heterocycles. The number of thioether (sulfide) groups is 1. The van der Waals surface area contributed by atoms with Crippen LogP contribution >= 0.6 is 11.8 Å². The van der Waals surface area contributed by atoms with Crippen molar-refractivity contribution in [3.8, 4) is 11.8 Å². The van der Waals surface area contributed by atoms with Crippen LogP contribution in [0.2, 0.25) is 0 Å². The van der Waals surface area contributed by atoms with Crippen molar-refractivity contribution in [3.63, 3.8) is 0 Å². The second-order valence-corrected chi connectivity index (χ2v) is 7.78. The van der Waals surface area contributed by atoms with Gasteiger partial charge < -0.3 is 20.1 Å². The van der Waals surface area contributed by atoms with Gasteiger partial charge in [-0.25, -0.2) is 0 Å². The van der Waals surface area contributed by atoms with Crippen LogP contribution in [-0.4, -0.2) is 37.8 Å². The van der Waals surface area contributed by atoms with Crippen molar-refractivity contribution >= 4 is 35.2 Å². The highest BCUT2D eigenvalue weighted by Crippen LogP contribution is 2.40. The smallest absolute Gasteiger partial charge is 0.319 e. The number of carbonyl (C=O) groups excluding carboxylic acids is 3. The molecule has 0 radical (unpaired) electrons. The molecule has 2 aromatic carbocycles. The average molecular weight is 452 g/mol. The first-order valence-corrected chi connectivity index (χ1v) is 10.6. The molecule has 32 heavy (non-hydrogen) atoms. The number of benzene rings is 2. The summed E-state index contributed by atoms with van der Waals surface area (Å²) in [7, 11) is 2.75. The Hall–Kier alpha value is -3.77. The molecule has 164 valence electrons. The first-order chi connectivity index (χ1) is 15.5. The summed E-state index contributed by atoms with van der Waals surface area (Å²) in [5, 5.41) is 15.5. The molecular formula is C23H21N3O5S. The largest absolute Gasteiger partial charge is 0.497 e. The number of nitrogens with zero attached hydrogens (tertiary/aromatic N) is 1. The summed E-state index contributed by atoms with van der Waals surface area (Å²) in [6, 6.07) is 17.8. The lowest BCUT2D eigenvalue weighted by Crippen LogP contribution is -2.44. The predicted molar refractivity (Wildman–Crippen MR) is 120 cm³/mol. The maximum atomic E-state index is 12.8. The number of hydrogen-bond acceptors (Lipinski definition) is 7. The van der Waals surface area contributed by atoms with Gasteiger partial charge in [0.1, 0.15) is 11.7 Å². The third-order valence-electron chi connectivity index (χ3n) is 4.86. The number of rotatable bonds is 7. The van der Waals surface area contributed by atoms with Crippen molar-refractivity contribution in [2.45, 2.75) is 5.92 Å². The Morgan fingerprint density at radius 2 is 1.81 bits per heavy atom. The first-order valence-electron chi connectivity index (χ1n) is 9.63. The van der Waals surface area contributed by atoms with Gasteiger partial charge in [-0.05, 0) is 29.8 Å². The number of carbonyl (C=O) groups is 3. The Bertz CT molecular complexity index is 1080. The molecule has 2 N–H and O–H groups in total. The van der Waals surface area contributed by atoms with Gasteiger partial charge in [0, 0.05) is 11.6 Å². The number of ether oxygens (including phenoxy) is 2. The summed E-state index contributed by atoms with van der Waals surface area (Å²) < 4.78 is 9.90. The standard InChI is InChI=1S/C23H21N3O5S/c1-30-16-10-8-15(9-11-16)25-18(27)13-32-22-17(12-24)19(14-6-4-3-5-7-14)20(21(28)26-22)23(29)31-2/h3-11,19-20H,13H2,1-2H3,(H,25,27)(H,26,28)/t19-,20+/m0/s1. The van der Waals surface area contributed by atoms with E-state index in [1.54, 1.807) is 61.7 Å². The second-order valence-electron chi connectivity index (χ2n) is 6.80. The lowest BCUT2D eigenvalue weighted by Gasteiger charge is -2.30. The molecule has 2 aromatic rings. The molecule has 0 spiro atoms. The van der Waals surface area contributed by atoms with Crippen LogP contribution in [0.5, 0.6) is 5.75 Å². The van der Waals surface area contributed by atoms with Gasteiger partial charge >= 0.3 is 5.97 Å². The number of nitrogens with one attached hydrogen (secondary N) is 2. The Balaban J connectivity index is 1.82. The lowest BCUT2D eigenvalue weighted by atomic mass is 9.78. The number of esters is 1. The quantitative estimate of drug-likeness (QED) is 0.491. The van der Waals surface area contributed by atoms with E-state index in [-0.39, 0.29) is 22.3 Å². The number of nitriles is 1. The number of allylic oxidation sites excluding steroid dienone is 1. The van der Waals surface area contributed by atoms with E-state index in [2.05, 4.69) is 16.7 Å². The fourth-order valence-electron chi connectivity index (χ4n) is 3.35. The molecule has 2 atom stereocenters. The third kappa shape index (κ3) is 5.10. The average Bonchev–Trinajstić information content (AvgIpc) is 2.82. The normalized spacial score (nSPS) is 17.7. The summed E-state index contributed by atoms with van der Waals surface area (Å²) in [4.78, 5) is 37.5. The first kappa shape index (κ1) is 22.9. The van der Waals surface area contributed by atoms with Crippen LogP contribution in [0.1, 0.15) is 11.5 Å². The van der Waals surface area contributed by atoms with Gasteiger partial charge in [0.05, 0.1) is 36.6 Å². The van der Waals surface area contributed by atoms with Gasteiger partial charge in [-0.3, -0.25) is 14.4 Å². The van der Waals surface area contributed by atoms with E-state index < -0.39 is 23.7 Å². The molecule has 0 aliphatic carbocycles. The van der Waals surface area contributed by atoms with E-state index in [4.69, 9.17) is 9.47 Å². The summed E-state index contributed by atoms with van der Waals surface area (Å²) in [5.41, 5.74) is 1.43. The van der Waals surface area contributed by atoms with E-state index in [0.29, 0.717) is 17.0 Å². The van der Waals surface area contributed by atoms with E-state index >= 15 is 0 Å². The number of hydrogen-bond donors (Lipinski definition) is 2. The maximum absolute atomic E-state index is 12.8. The van der Waals surface area contributed by atoms with Crippen molar-refractivity contribution in [2.24, 2.45) is 5.92 Å². The van der Waals surface area contributed by atoms with Gasteiger partial charge in [-0.15, -0.1) is 0 Å². The highest BCUT2D eigenvalue weighted by molar-refractivity contribution is 8.03. The Morgan fingerprint density at radius 3 is 2.41 bits per heavy atom. The molecule has 0 aromatic heterocycles. The van der Waals surface area contributed by atoms with Crippen molar-refractivity contribution in [1.82, 2.24) is 5.32 Å². The molecule has 0 fully saturated rings. The van der Waals surface area contributed by atoms with E-state index in [0.717, 1.165) is 11.8 Å². The summed E-state index contributed by atoms with van der Waals surface area (Å²) >= 11 is 1.02. The molecule has 9 heteroatoms. The number of anilines is 1. The van der Waals surface area contributed by atoms with Gasteiger partial charge in [-0.2, -0.15) is 5.26 Å². The van der Waals surface area contributed by atoms with Crippen molar-refractivity contribution in [1.29, 1.82) is 5.26 Å². The Kier molecular flexibility index (Phi) is 7.52. The van der Waals surface area contributed by atoms with Gasteiger partial charge in [-0.1, -0.05) is 42.1 Å². The van der Waals surface area contributed by atoms with E-state index in [1.165, 1.54) is 7.11 Å². The van der Waals surface area contributed by atoms with Gasteiger partial charge in [0.25, 0.3) is 0 Å².